The van der Waals surface area contributed by atoms with Crippen molar-refractivity contribution in [1.82, 2.24) is 0 Å². The highest BCUT2D eigenvalue weighted by Crippen LogP contribution is 2.59. The Balaban J connectivity index is 1.05. The van der Waals surface area contributed by atoms with Gasteiger partial charge in [-0.2, -0.15) is 52.7 Å². The minimum absolute atomic E-state index is 0.00836. The summed E-state index contributed by atoms with van der Waals surface area (Å²) in [5.41, 5.74) is -10.6. The van der Waals surface area contributed by atoms with Crippen molar-refractivity contribution in [3.8, 4) is 34.5 Å². The van der Waals surface area contributed by atoms with Crippen LogP contribution in [0.15, 0.2) is 121 Å². The van der Waals surface area contributed by atoms with Crippen molar-refractivity contribution in [1.29, 1.82) is 0 Å². The van der Waals surface area contributed by atoms with Gasteiger partial charge in [0.1, 0.15) is 47.7 Å². The van der Waals surface area contributed by atoms with Gasteiger partial charge in [0.25, 0.3) is 0 Å². The first-order valence-corrected chi connectivity index (χ1v) is 30.2. The van der Waals surface area contributed by atoms with Crippen LogP contribution in [0.2, 0.25) is 0 Å². The zero-order valence-corrected chi connectivity index (χ0v) is 53.0. The van der Waals surface area contributed by atoms with E-state index in [1.807, 2.05) is 38.1 Å². The first-order chi connectivity index (χ1) is 42.8. The molecule has 0 heterocycles. The topological polar surface area (TPSA) is 92.3 Å². The van der Waals surface area contributed by atoms with E-state index in [2.05, 4.69) is 0 Å². The van der Waals surface area contributed by atoms with Gasteiger partial charge in [-0.05, 0) is 171 Å². The fourth-order valence-electron chi connectivity index (χ4n) is 10.9. The van der Waals surface area contributed by atoms with Gasteiger partial charge in [0.15, 0.2) is 25.2 Å². The molecule has 0 radical (unpaired) electrons. The van der Waals surface area contributed by atoms with E-state index in [0.29, 0.717) is 33.8 Å². The molecule has 10 nitrogen and oxygen atoms in total. The maximum absolute atomic E-state index is 15.4. The second kappa shape index (κ2) is 30.7. The molecular formula is C69H80F12O10. The Morgan fingerprint density at radius 3 is 0.758 bits per heavy atom. The van der Waals surface area contributed by atoms with E-state index in [4.69, 9.17) is 47.4 Å². The number of hydrogen-bond donors (Lipinski definition) is 0. The number of benzene rings is 6. The van der Waals surface area contributed by atoms with Crippen LogP contribution in [0.3, 0.4) is 0 Å². The molecule has 0 aliphatic carbocycles. The number of halogens is 12. The van der Waals surface area contributed by atoms with E-state index in [1.54, 1.807) is 65.8 Å². The molecule has 4 atom stereocenters. The van der Waals surface area contributed by atoms with Gasteiger partial charge in [-0.15, -0.1) is 0 Å². The van der Waals surface area contributed by atoms with Gasteiger partial charge in [-0.25, -0.2) is 0 Å². The minimum Gasteiger partial charge on any atom is -0.491 e. The van der Waals surface area contributed by atoms with Crippen LogP contribution in [-0.2, 0) is 60.9 Å². The lowest BCUT2D eigenvalue weighted by atomic mass is 9.72. The number of hydrogen-bond acceptors (Lipinski definition) is 10. The second-order valence-electron chi connectivity index (χ2n) is 22.0. The van der Waals surface area contributed by atoms with Crippen molar-refractivity contribution in [2.45, 2.75) is 175 Å². The third-order valence-electron chi connectivity index (χ3n) is 15.8. The fraction of sp³-hybridized carbons (Fsp3) is 0.478. The number of rotatable bonds is 32. The number of alkyl halides is 12. The molecule has 0 amide bonds. The molecule has 0 N–H and O–H groups in total. The van der Waals surface area contributed by atoms with Crippen LogP contribution in [0.25, 0.3) is 0 Å². The van der Waals surface area contributed by atoms with Crippen molar-refractivity contribution in [3.05, 3.63) is 177 Å². The lowest BCUT2D eigenvalue weighted by Gasteiger charge is -2.39. The lowest BCUT2D eigenvalue weighted by molar-refractivity contribution is -0.290. The first-order valence-electron chi connectivity index (χ1n) is 30.2. The molecule has 91 heavy (non-hydrogen) atoms. The number of ether oxygens (including phenoxy) is 10. The van der Waals surface area contributed by atoms with Crippen molar-refractivity contribution in [3.63, 3.8) is 0 Å². The predicted molar refractivity (Wildman–Crippen MR) is 321 cm³/mol. The Kier molecular flexibility index (Phi) is 24.7. The molecule has 0 aliphatic rings. The SMILES string of the molecule is CCOC(C)Oc1cc(C(c2ccc(CC)c(OC(C)OCCOc3ccc(C(C)(C)c4ccc(OCCOC(C)Oc5cc(C(c6ccc(CC)c(OC(C)OCC)c6)(C(F)(F)F)C(F)(F)F)ccc5CC)cc4)cc3)c2)(C(F)(F)F)C(F)(F)F)ccc1CC. The maximum atomic E-state index is 15.4. The van der Waals surface area contributed by atoms with Gasteiger partial charge in [-0.1, -0.05) is 114 Å². The molecule has 0 saturated heterocycles. The second-order valence-corrected chi connectivity index (χ2v) is 22.0. The molecule has 500 valence electrons. The summed E-state index contributed by atoms with van der Waals surface area (Å²) in [6.07, 6.45) is -26.7. The average molecular weight is 1300 g/mol. The summed E-state index contributed by atoms with van der Waals surface area (Å²) >= 11 is 0. The third-order valence-corrected chi connectivity index (χ3v) is 15.8. The van der Waals surface area contributed by atoms with Gasteiger partial charge in [0.05, 0.1) is 13.2 Å². The Labute approximate surface area is 524 Å². The van der Waals surface area contributed by atoms with Gasteiger partial charge in [-0.3, -0.25) is 0 Å². The van der Waals surface area contributed by atoms with Crippen molar-refractivity contribution in [2.75, 3.05) is 39.6 Å². The fourth-order valence-corrected chi connectivity index (χ4v) is 10.9. The van der Waals surface area contributed by atoms with Crippen LogP contribution in [0.1, 0.15) is 139 Å². The van der Waals surface area contributed by atoms with Crippen LogP contribution in [0, 0.1) is 0 Å². The molecule has 0 bridgehead atoms. The predicted octanol–water partition coefficient (Wildman–Crippen LogP) is 18.2. The van der Waals surface area contributed by atoms with Gasteiger partial charge < -0.3 is 47.4 Å². The van der Waals surface area contributed by atoms with Crippen LogP contribution in [0.4, 0.5) is 52.7 Å². The summed E-state index contributed by atoms with van der Waals surface area (Å²) in [7, 11) is 0. The van der Waals surface area contributed by atoms with Crippen molar-refractivity contribution < 1.29 is 100 Å². The molecule has 6 aromatic carbocycles. The minimum atomic E-state index is -5.87. The van der Waals surface area contributed by atoms with E-state index in [1.165, 1.54) is 52.0 Å². The van der Waals surface area contributed by atoms with Gasteiger partial charge in [0.2, 0.25) is 10.8 Å². The molecule has 6 aromatic rings. The highest BCUT2D eigenvalue weighted by molar-refractivity contribution is 5.54. The standard InChI is InChI=1S/C69H80F12O10/c1-13-47-19-23-53(39-59(47)88-43(7)82-17-5)64(66(70,71)72,67(73,74)75)55-25-21-49(15-3)61(41-55)90-45(9)84-35-37-86-57-31-27-51(28-32-57)63(11,12)52-29-33-58(34-30-52)87-38-36-85-46(10)91-62-42-56(26-22-50(62)16-4)65(68(76,77)78,69(79,80)81)54-24-20-48(14-2)60(40-54)89-44(8)83-18-6/h19-34,39-46H,13-18,35-38H2,1-12H3. The van der Waals surface area contributed by atoms with Gasteiger partial charge in [0, 0.05) is 18.6 Å². The summed E-state index contributed by atoms with van der Waals surface area (Å²) in [6, 6.07) is 25.7. The van der Waals surface area contributed by atoms with Crippen LogP contribution in [0.5, 0.6) is 34.5 Å². The molecule has 0 spiro atoms. The Morgan fingerprint density at radius 1 is 0.308 bits per heavy atom. The summed E-state index contributed by atoms with van der Waals surface area (Å²) in [6.45, 7) is 20.3. The van der Waals surface area contributed by atoms with E-state index in [-0.39, 0.29) is 88.3 Å². The summed E-state index contributed by atoms with van der Waals surface area (Å²) in [5.74, 6) is 0.196. The third kappa shape index (κ3) is 16.7. The molecule has 0 aromatic heterocycles. The molecule has 0 fully saturated rings. The van der Waals surface area contributed by atoms with Crippen molar-refractivity contribution in [2.24, 2.45) is 0 Å². The summed E-state index contributed by atoms with van der Waals surface area (Å²) in [4.78, 5) is 0. The molecule has 0 saturated carbocycles. The Bertz CT molecular complexity index is 3030. The highest BCUT2D eigenvalue weighted by atomic mass is 19.4. The first kappa shape index (κ1) is 73.2. The molecular weight excluding hydrogens is 1220 g/mol. The Hall–Kier alpha value is -6.88. The lowest BCUT2D eigenvalue weighted by Crippen LogP contribution is -2.54. The smallest absolute Gasteiger partial charge is 0.411 e. The monoisotopic (exact) mass is 1300 g/mol. The normalized spacial score (nSPS) is 14.2. The van der Waals surface area contributed by atoms with E-state index >= 15 is 52.7 Å². The molecule has 22 heteroatoms. The Morgan fingerprint density at radius 2 is 0.538 bits per heavy atom. The van der Waals surface area contributed by atoms with Crippen LogP contribution < -0.4 is 28.4 Å². The molecule has 6 rings (SSSR count). The maximum Gasteiger partial charge on any atom is 0.411 e. The average Bonchev–Trinajstić information content (AvgIpc) is 0.724. The number of aryl methyl sites for hydroxylation is 4. The summed E-state index contributed by atoms with van der Waals surface area (Å²) < 4.78 is 242. The zero-order valence-electron chi connectivity index (χ0n) is 53.0. The molecule has 4 unspecified atom stereocenters. The highest BCUT2D eigenvalue weighted by Gasteiger charge is 2.74. The van der Waals surface area contributed by atoms with Crippen LogP contribution >= 0.6 is 0 Å². The van der Waals surface area contributed by atoms with Crippen LogP contribution in [-0.4, -0.2) is 89.5 Å². The van der Waals surface area contributed by atoms with Crippen molar-refractivity contribution >= 4 is 0 Å². The quantitative estimate of drug-likeness (QED) is 0.0231. The molecule has 0 aliphatic heterocycles. The summed E-state index contributed by atoms with van der Waals surface area (Å²) in [5, 5.41) is 0. The van der Waals surface area contributed by atoms with E-state index < -0.39 is 88.4 Å². The van der Waals surface area contributed by atoms with E-state index in [9.17, 15) is 0 Å². The van der Waals surface area contributed by atoms with Gasteiger partial charge >= 0.3 is 24.7 Å². The largest absolute Gasteiger partial charge is 0.491 e. The zero-order chi connectivity index (χ0) is 67.3. The van der Waals surface area contributed by atoms with E-state index in [0.717, 1.165) is 59.7 Å².